The van der Waals surface area contributed by atoms with Crippen molar-refractivity contribution in [1.29, 1.82) is 5.26 Å². The lowest BCUT2D eigenvalue weighted by atomic mass is 9.74. The number of halogens is 6. The largest absolute Gasteiger partial charge is 0.461 e. The van der Waals surface area contributed by atoms with Gasteiger partial charge in [0.2, 0.25) is 5.91 Å². The van der Waals surface area contributed by atoms with Crippen LogP contribution in [0.4, 0.5) is 32.8 Å². The molecular weight excluding hydrogens is 763 g/mol. The number of thiophene rings is 1. The zero-order valence-corrected chi connectivity index (χ0v) is 31.5. The molecule has 3 N–H and O–H groups in total. The number of benzene rings is 2. The molecule has 4 saturated heterocycles. The van der Waals surface area contributed by atoms with E-state index in [1.807, 2.05) is 6.07 Å². The van der Waals surface area contributed by atoms with Crippen molar-refractivity contribution in [1.82, 2.24) is 25.1 Å². The van der Waals surface area contributed by atoms with Gasteiger partial charge in [-0.05, 0) is 50.6 Å². The standard InChI is InChI=1S/C38H38ClF5N8O2S/c1-47-26-10-21(26)34(53)51-16-36(17-51)14-38(43,44)6-8-50(15-36)33-22-9-24(39)28(20-3-4-25(41)31-27(20)23(12-45)32(46)55-31)29(42)30(22)48-35(49-33)54-18-37-5-2-7-52(37)13-19(40)11-37/h3-4,9,19,21,26,47H,2,5-8,10-11,13-18,46H2,1H3/t19-,21-,26-,37+/m1/s1. The third-order valence-corrected chi connectivity index (χ3v) is 13.6. The SMILES string of the molecule is CN[C@@H]1C[C@H]1C(=O)N1CC2(C1)CN(c1nc(OC[C@@]34CCCN3C[C@H](F)C4)nc3c(F)c(-c4ccc(F)c5sc(N)c(C#N)c45)c(Cl)cc13)CCC(F)(F)C2. The molecule has 4 aliphatic heterocycles. The van der Waals surface area contributed by atoms with Crippen LogP contribution in [-0.4, -0.2) is 102 Å². The lowest BCUT2D eigenvalue weighted by Gasteiger charge is -2.52. The quantitative estimate of drug-likeness (QED) is 0.201. The summed E-state index contributed by atoms with van der Waals surface area (Å²) in [5, 5.41) is 13.2. The molecule has 5 fully saturated rings. The van der Waals surface area contributed by atoms with Crippen LogP contribution in [0.25, 0.3) is 32.1 Å². The van der Waals surface area contributed by atoms with Crippen molar-refractivity contribution in [2.75, 3.05) is 63.6 Å². The van der Waals surface area contributed by atoms with E-state index >= 15 is 17.6 Å². The Bertz CT molecular complexity index is 2300. The minimum atomic E-state index is -3.04. The maximum absolute atomic E-state index is 17.3. The molecule has 1 amide bonds. The van der Waals surface area contributed by atoms with Crippen LogP contribution < -0.4 is 20.7 Å². The number of nitrogens with two attached hydrogens (primary N) is 1. The molecule has 9 rings (SSSR count). The number of carbonyl (C=O) groups is 1. The highest BCUT2D eigenvalue weighted by atomic mass is 35.5. The number of fused-ring (bicyclic) bond motifs is 3. The summed E-state index contributed by atoms with van der Waals surface area (Å²) in [6.07, 6.45) is 0.565. The minimum Gasteiger partial charge on any atom is -0.461 e. The molecule has 2 aromatic carbocycles. The summed E-state index contributed by atoms with van der Waals surface area (Å²) >= 11 is 7.75. The van der Waals surface area contributed by atoms with E-state index in [0.717, 1.165) is 23.8 Å². The fraction of sp³-hybridized carbons (Fsp3) is 0.526. The summed E-state index contributed by atoms with van der Waals surface area (Å²) in [4.78, 5) is 27.8. The van der Waals surface area contributed by atoms with E-state index in [9.17, 15) is 14.4 Å². The second-order valence-corrected chi connectivity index (χ2v) is 17.5. The van der Waals surface area contributed by atoms with Gasteiger partial charge in [-0.3, -0.25) is 9.69 Å². The molecule has 0 radical (unpaired) electrons. The van der Waals surface area contributed by atoms with Crippen LogP contribution in [0.3, 0.4) is 0 Å². The van der Waals surface area contributed by atoms with Gasteiger partial charge < -0.3 is 25.6 Å². The number of anilines is 2. The van der Waals surface area contributed by atoms with Gasteiger partial charge in [-0.25, -0.2) is 22.0 Å². The molecule has 2 aromatic heterocycles. The summed E-state index contributed by atoms with van der Waals surface area (Å²) in [6.45, 7) is 1.28. The number of amides is 1. The summed E-state index contributed by atoms with van der Waals surface area (Å²) in [5.74, 6) is -4.70. The Morgan fingerprint density at radius 1 is 1.20 bits per heavy atom. The summed E-state index contributed by atoms with van der Waals surface area (Å²) < 4.78 is 84.3. The lowest BCUT2D eigenvalue weighted by molar-refractivity contribution is -0.150. The van der Waals surface area contributed by atoms with Gasteiger partial charge in [0.15, 0.2) is 5.82 Å². The normalized spacial score (nSPS) is 27.0. The Hall–Kier alpha value is -4.04. The first-order chi connectivity index (χ1) is 26.2. The van der Waals surface area contributed by atoms with E-state index in [0.29, 0.717) is 19.4 Å². The third kappa shape index (κ3) is 6.04. The van der Waals surface area contributed by atoms with Crippen molar-refractivity contribution in [3.63, 3.8) is 0 Å². The third-order valence-electron chi connectivity index (χ3n) is 12.3. The Morgan fingerprint density at radius 3 is 2.75 bits per heavy atom. The Balaban J connectivity index is 1.15. The Kier molecular flexibility index (Phi) is 8.65. The number of nitrogens with zero attached hydrogens (tertiary/aromatic N) is 6. The van der Waals surface area contributed by atoms with Gasteiger partial charge in [-0.15, -0.1) is 11.3 Å². The van der Waals surface area contributed by atoms with Crippen molar-refractivity contribution in [3.8, 4) is 23.2 Å². The molecule has 4 atom stereocenters. The number of aromatic nitrogens is 2. The molecule has 4 aromatic rings. The summed E-state index contributed by atoms with van der Waals surface area (Å²) in [5.41, 5.74) is 4.25. The van der Waals surface area contributed by atoms with Gasteiger partial charge >= 0.3 is 6.01 Å². The average Bonchev–Trinajstić information content (AvgIpc) is 3.62. The molecular formula is C38H38ClF5N8O2S. The number of ether oxygens (including phenoxy) is 1. The van der Waals surface area contributed by atoms with Gasteiger partial charge in [0, 0.05) is 79.8 Å². The molecule has 10 nitrogen and oxygen atoms in total. The van der Waals surface area contributed by atoms with Crippen molar-refractivity contribution in [2.24, 2.45) is 11.3 Å². The van der Waals surface area contributed by atoms with Crippen molar-refractivity contribution in [2.45, 2.75) is 62.2 Å². The van der Waals surface area contributed by atoms with E-state index in [1.54, 1.807) is 16.8 Å². The highest BCUT2D eigenvalue weighted by Gasteiger charge is 2.56. The highest BCUT2D eigenvalue weighted by Crippen LogP contribution is 2.50. The van der Waals surface area contributed by atoms with Crippen molar-refractivity contribution in [3.05, 3.63) is 40.4 Å². The molecule has 17 heteroatoms. The first-order valence-corrected chi connectivity index (χ1v) is 19.7. The predicted molar refractivity (Wildman–Crippen MR) is 199 cm³/mol. The monoisotopic (exact) mass is 800 g/mol. The molecule has 1 saturated carbocycles. The Labute approximate surface area is 322 Å². The summed E-state index contributed by atoms with van der Waals surface area (Å²) in [7, 11) is 1.79. The maximum Gasteiger partial charge on any atom is 0.319 e. The molecule has 5 aliphatic rings. The molecule has 55 heavy (non-hydrogen) atoms. The van der Waals surface area contributed by atoms with Crippen LogP contribution in [0.1, 0.15) is 44.1 Å². The van der Waals surface area contributed by atoms with Gasteiger partial charge in [0.25, 0.3) is 5.92 Å². The molecule has 1 spiro atoms. The summed E-state index contributed by atoms with van der Waals surface area (Å²) in [6, 6.07) is 5.78. The minimum absolute atomic E-state index is 0.0208. The van der Waals surface area contributed by atoms with Crippen LogP contribution >= 0.6 is 22.9 Å². The van der Waals surface area contributed by atoms with E-state index < -0.39 is 47.5 Å². The van der Waals surface area contributed by atoms with Gasteiger partial charge in [0.05, 0.1) is 26.7 Å². The first-order valence-electron chi connectivity index (χ1n) is 18.5. The molecule has 0 unspecified atom stereocenters. The fourth-order valence-corrected chi connectivity index (χ4v) is 10.9. The number of alkyl halides is 3. The van der Waals surface area contributed by atoms with Crippen LogP contribution in [-0.2, 0) is 4.79 Å². The number of likely N-dealkylation sites (tertiary alicyclic amines) is 1. The van der Waals surface area contributed by atoms with Gasteiger partial charge in [0.1, 0.15) is 41.0 Å². The van der Waals surface area contributed by atoms with Crippen LogP contribution in [0, 0.1) is 34.3 Å². The molecule has 290 valence electrons. The van der Waals surface area contributed by atoms with Crippen molar-refractivity contribution < 1.29 is 31.5 Å². The number of rotatable bonds is 7. The number of nitrogen functional groups attached to an aromatic ring is 1. The van der Waals surface area contributed by atoms with E-state index in [-0.39, 0.29) is 123 Å². The number of hydrogen-bond acceptors (Lipinski definition) is 10. The van der Waals surface area contributed by atoms with Gasteiger partial charge in [-0.2, -0.15) is 15.2 Å². The van der Waals surface area contributed by atoms with Crippen LogP contribution in [0.5, 0.6) is 6.01 Å². The van der Waals surface area contributed by atoms with E-state index in [2.05, 4.69) is 15.2 Å². The second-order valence-electron chi connectivity index (χ2n) is 16.0. The predicted octanol–water partition coefficient (Wildman–Crippen LogP) is 6.52. The van der Waals surface area contributed by atoms with Crippen LogP contribution in [0.2, 0.25) is 5.02 Å². The van der Waals surface area contributed by atoms with Gasteiger partial charge in [-0.1, -0.05) is 17.7 Å². The van der Waals surface area contributed by atoms with Crippen molar-refractivity contribution >= 4 is 60.7 Å². The zero-order valence-electron chi connectivity index (χ0n) is 29.9. The number of nitrogens with one attached hydrogen (secondary N) is 1. The van der Waals surface area contributed by atoms with E-state index in [1.165, 1.54) is 12.1 Å². The zero-order chi connectivity index (χ0) is 38.6. The Morgan fingerprint density at radius 2 is 2.00 bits per heavy atom. The second kappa shape index (κ2) is 13.0. The van der Waals surface area contributed by atoms with E-state index in [4.69, 9.17) is 27.1 Å². The molecule has 1 aliphatic carbocycles. The van der Waals surface area contributed by atoms with Crippen LogP contribution in [0.15, 0.2) is 18.2 Å². The molecule has 0 bridgehead atoms. The first kappa shape index (κ1) is 36.6. The lowest BCUT2D eigenvalue weighted by Crippen LogP contribution is -2.63. The fourth-order valence-electron chi connectivity index (χ4n) is 9.68. The number of nitriles is 1. The number of hydrogen-bond donors (Lipinski definition) is 2. The topological polar surface area (TPSA) is 124 Å². The average molecular weight is 801 g/mol. The molecule has 6 heterocycles. The number of carbonyl (C=O) groups excluding carboxylic acids is 1. The smallest absolute Gasteiger partial charge is 0.319 e. The maximum atomic E-state index is 17.3. The highest BCUT2D eigenvalue weighted by molar-refractivity contribution is 7.23.